The summed E-state index contributed by atoms with van der Waals surface area (Å²) in [7, 11) is 3.26. The second-order valence-electron chi connectivity index (χ2n) is 7.45. The first-order valence-corrected chi connectivity index (χ1v) is 9.22. The zero-order valence-corrected chi connectivity index (χ0v) is 16.8. The molecule has 11 heteroatoms. The zero-order chi connectivity index (χ0) is 22.1. The number of anilines is 4. The molecule has 1 unspecified atom stereocenters. The summed E-state index contributed by atoms with van der Waals surface area (Å²) in [6, 6.07) is 5.18. The third kappa shape index (κ3) is 4.62. The number of halogens is 3. The van der Waals surface area contributed by atoms with Crippen molar-refractivity contribution in [1.29, 1.82) is 0 Å². The SMILES string of the molecule is CN(C)C(C)(CO)Nc1nc(Nc2ccc3c(c2)CCC(=O)N3)ncc1C(F)(F)F. The molecule has 30 heavy (non-hydrogen) atoms. The molecule has 0 aliphatic carbocycles. The number of likely N-dealkylation sites (N-methyl/N-ethyl adjacent to an activating group) is 1. The number of carbonyl (C=O) groups excluding carboxylic acids is 1. The third-order valence-electron chi connectivity index (χ3n) is 5.03. The molecule has 2 aromatic rings. The molecule has 1 atom stereocenters. The van der Waals surface area contributed by atoms with Crippen LogP contribution in [0.2, 0.25) is 0 Å². The fourth-order valence-corrected chi connectivity index (χ4v) is 2.88. The minimum absolute atomic E-state index is 0.0376. The molecule has 0 radical (unpaired) electrons. The zero-order valence-electron chi connectivity index (χ0n) is 16.8. The van der Waals surface area contributed by atoms with Crippen molar-refractivity contribution < 1.29 is 23.1 Å². The number of amides is 1. The fraction of sp³-hybridized carbons (Fsp3) is 0.421. The Labute approximate surface area is 171 Å². The number of fused-ring (bicyclic) bond motifs is 1. The highest BCUT2D eigenvalue weighted by atomic mass is 19.4. The monoisotopic (exact) mass is 424 g/mol. The average Bonchev–Trinajstić information content (AvgIpc) is 2.67. The van der Waals surface area contributed by atoms with E-state index in [1.54, 1.807) is 44.1 Å². The summed E-state index contributed by atoms with van der Waals surface area (Å²) in [6.07, 6.45) is -3.04. The van der Waals surface area contributed by atoms with E-state index < -0.39 is 29.8 Å². The second-order valence-corrected chi connectivity index (χ2v) is 7.45. The largest absolute Gasteiger partial charge is 0.421 e. The average molecular weight is 424 g/mol. The molecule has 0 saturated carbocycles. The van der Waals surface area contributed by atoms with E-state index >= 15 is 0 Å². The Bertz CT molecular complexity index is 950. The van der Waals surface area contributed by atoms with Gasteiger partial charge in [0.05, 0.1) is 6.61 Å². The van der Waals surface area contributed by atoms with Gasteiger partial charge in [0, 0.05) is 24.0 Å². The number of hydrogen-bond acceptors (Lipinski definition) is 7. The normalized spacial score (nSPS) is 15.9. The molecule has 1 aliphatic rings. The maximum atomic E-state index is 13.5. The number of aryl methyl sites for hydroxylation is 1. The summed E-state index contributed by atoms with van der Waals surface area (Å²) in [6.45, 7) is 1.11. The Morgan fingerprint density at radius 1 is 1.27 bits per heavy atom. The lowest BCUT2D eigenvalue weighted by molar-refractivity contribution is -0.137. The minimum atomic E-state index is -4.67. The van der Waals surface area contributed by atoms with E-state index in [4.69, 9.17) is 0 Å². The number of nitrogens with zero attached hydrogens (tertiary/aromatic N) is 3. The highest BCUT2D eigenvalue weighted by Crippen LogP contribution is 2.35. The van der Waals surface area contributed by atoms with Crippen LogP contribution < -0.4 is 16.0 Å². The topological polar surface area (TPSA) is 102 Å². The molecular formula is C19H23F3N6O2. The predicted molar refractivity (Wildman–Crippen MR) is 107 cm³/mol. The van der Waals surface area contributed by atoms with Gasteiger partial charge in [0.15, 0.2) is 0 Å². The molecule has 0 saturated heterocycles. The highest BCUT2D eigenvalue weighted by Gasteiger charge is 2.38. The van der Waals surface area contributed by atoms with Gasteiger partial charge in [-0.1, -0.05) is 0 Å². The number of nitrogens with one attached hydrogen (secondary N) is 3. The number of hydrogen-bond donors (Lipinski definition) is 4. The summed E-state index contributed by atoms with van der Waals surface area (Å²) in [4.78, 5) is 20.8. The third-order valence-corrected chi connectivity index (χ3v) is 5.03. The van der Waals surface area contributed by atoms with Crippen LogP contribution in [0.1, 0.15) is 24.5 Å². The molecule has 0 spiro atoms. The van der Waals surface area contributed by atoms with Gasteiger partial charge < -0.3 is 21.1 Å². The predicted octanol–water partition coefficient (Wildman–Crippen LogP) is 2.81. The lowest BCUT2D eigenvalue weighted by atomic mass is 10.0. The Balaban J connectivity index is 1.92. The van der Waals surface area contributed by atoms with Crippen LogP contribution in [0.3, 0.4) is 0 Å². The number of alkyl halides is 3. The summed E-state index contributed by atoms with van der Waals surface area (Å²) >= 11 is 0. The number of carbonyl (C=O) groups is 1. The van der Waals surface area contributed by atoms with Crippen LogP contribution in [0.25, 0.3) is 0 Å². The molecule has 8 nitrogen and oxygen atoms in total. The van der Waals surface area contributed by atoms with Gasteiger partial charge in [0.25, 0.3) is 0 Å². The van der Waals surface area contributed by atoms with Crippen LogP contribution in [0.4, 0.5) is 36.3 Å². The van der Waals surface area contributed by atoms with E-state index in [2.05, 4.69) is 25.9 Å². The Morgan fingerprint density at radius 3 is 2.63 bits per heavy atom. The standard InChI is InChI=1S/C19H23F3N6O2/c1-18(10-29,28(2)3)27-16-13(19(20,21)22)9-23-17(26-16)24-12-5-6-14-11(8-12)4-7-15(30)25-14/h5-6,8-9,29H,4,7,10H2,1-3H3,(H,25,30)(H2,23,24,26,27). The van der Waals surface area contributed by atoms with Gasteiger partial charge in [-0.25, -0.2) is 4.98 Å². The van der Waals surface area contributed by atoms with E-state index in [-0.39, 0.29) is 11.9 Å². The van der Waals surface area contributed by atoms with Gasteiger partial charge in [-0.2, -0.15) is 18.2 Å². The van der Waals surface area contributed by atoms with Crippen molar-refractivity contribution in [1.82, 2.24) is 14.9 Å². The van der Waals surface area contributed by atoms with Crippen LogP contribution in [0, 0.1) is 0 Å². The molecule has 0 fully saturated rings. The van der Waals surface area contributed by atoms with Gasteiger partial charge >= 0.3 is 6.18 Å². The number of aromatic nitrogens is 2. The number of rotatable bonds is 6. The Kier molecular flexibility index (Phi) is 5.86. The smallest absolute Gasteiger partial charge is 0.393 e. The van der Waals surface area contributed by atoms with Crippen LogP contribution in [0.5, 0.6) is 0 Å². The van der Waals surface area contributed by atoms with Crippen LogP contribution in [-0.4, -0.2) is 52.2 Å². The Hall–Kier alpha value is -2.92. The van der Waals surface area contributed by atoms with E-state index in [9.17, 15) is 23.1 Å². The van der Waals surface area contributed by atoms with Crippen molar-refractivity contribution in [3.63, 3.8) is 0 Å². The molecule has 4 N–H and O–H groups in total. The van der Waals surface area contributed by atoms with E-state index in [0.29, 0.717) is 30.4 Å². The van der Waals surface area contributed by atoms with Crippen LogP contribution in [-0.2, 0) is 17.4 Å². The molecule has 3 rings (SSSR count). The lowest BCUT2D eigenvalue weighted by Crippen LogP contribution is -2.51. The quantitative estimate of drug-likeness (QED) is 0.529. The number of benzene rings is 1. The number of aliphatic hydroxyl groups excluding tert-OH is 1. The van der Waals surface area contributed by atoms with Crippen molar-refractivity contribution in [3.8, 4) is 0 Å². The van der Waals surface area contributed by atoms with Crippen molar-refractivity contribution in [2.24, 2.45) is 0 Å². The van der Waals surface area contributed by atoms with Crippen molar-refractivity contribution in [2.45, 2.75) is 31.6 Å². The number of aliphatic hydroxyl groups is 1. The highest BCUT2D eigenvalue weighted by molar-refractivity contribution is 5.94. The molecular weight excluding hydrogens is 401 g/mol. The summed E-state index contributed by atoms with van der Waals surface area (Å²) in [5.74, 6) is -0.544. The Morgan fingerprint density at radius 2 is 2.00 bits per heavy atom. The first-order valence-electron chi connectivity index (χ1n) is 9.22. The lowest BCUT2D eigenvalue weighted by Gasteiger charge is -2.36. The molecule has 1 aromatic carbocycles. The second kappa shape index (κ2) is 8.07. The maximum Gasteiger partial charge on any atom is 0.421 e. The first-order chi connectivity index (χ1) is 14.0. The molecule has 0 bridgehead atoms. The van der Waals surface area contributed by atoms with Gasteiger partial charge in [0.1, 0.15) is 17.0 Å². The summed E-state index contributed by atoms with van der Waals surface area (Å²) in [5.41, 5.74) is -0.0197. The van der Waals surface area contributed by atoms with Crippen molar-refractivity contribution in [3.05, 3.63) is 35.5 Å². The molecule has 2 heterocycles. The molecule has 1 amide bonds. The fourth-order valence-electron chi connectivity index (χ4n) is 2.88. The van der Waals surface area contributed by atoms with E-state index in [1.807, 2.05) is 0 Å². The minimum Gasteiger partial charge on any atom is -0.393 e. The van der Waals surface area contributed by atoms with Gasteiger partial charge in [0.2, 0.25) is 11.9 Å². The molecule has 1 aromatic heterocycles. The van der Waals surface area contributed by atoms with Crippen LogP contribution >= 0.6 is 0 Å². The summed E-state index contributed by atoms with van der Waals surface area (Å²) < 4.78 is 40.4. The van der Waals surface area contributed by atoms with E-state index in [1.165, 1.54) is 0 Å². The van der Waals surface area contributed by atoms with Gasteiger partial charge in [-0.3, -0.25) is 9.69 Å². The summed E-state index contributed by atoms with van der Waals surface area (Å²) in [5, 5.41) is 18.0. The van der Waals surface area contributed by atoms with Gasteiger partial charge in [-0.15, -0.1) is 0 Å². The van der Waals surface area contributed by atoms with Crippen molar-refractivity contribution in [2.75, 3.05) is 36.7 Å². The first kappa shape index (κ1) is 21.8. The van der Waals surface area contributed by atoms with E-state index in [0.717, 1.165) is 5.56 Å². The van der Waals surface area contributed by atoms with Crippen molar-refractivity contribution >= 4 is 29.0 Å². The molecule has 1 aliphatic heterocycles. The molecule has 162 valence electrons. The van der Waals surface area contributed by atoms with Crippen LogP contribution in [0.15, 0.2) is 24.4 Å². The maximum absolute atomic E-state index is 13.5. The van der Waals surface area contributed by atoms with Gasteiger partial charge in [-0.05, 0) is 51.2 Å².